The van der Waals surface area contributed by atoms with E-state index in [1.807, 2.05) is 43.0 Å². The maximum absolute atomic E-state index is 13.3. The number of likely N-dealkylation sites (tertiary alicyclic amines) is 1. The third-order valence-electron chi connectivity index (χ3n) is 5.92. The van der Waals surface area contributed by atoms with Crippen LogP contribution in [0.4, 0.5) is 5.69 Å². The van der Waals surface area contributed by atoms with E-state index in [1.165, 1.54) is 0 Å². The number of H-pyrrole nitrogens is 1. The number of amides is 2. The van der Waals surface area contributed by atoms with Crippen molar-refractivity contribution in [2.24, 2.45) is 0 Å². The lowest BCUT2D eigenvalue weighted by Crippen LogP contribution is -2.48. The number of aromatic amines is 1. The van der Waals surface area contributed by atoms with Crippen molar-refractivity contribution in [1.82, 2.24) is 15.1 Å². The molecule has 2 aliphatic rings. The molecule has 2 aliphatic heterocycles. The molecule has 1 aromatic heterocycles. The quantitative estimate of drug-likeness (QED) is 0.891. The number of hydrogen-bond donors (Lipinski definition) is 2. The molecule has 0 radical (unpaired) electrons. The van der Waals surface area contributed by atoms with Crippen molar-refractivity contribution in [2.45, 2.75) is 51.5 Å². The fourth-order valence-corrected chi connectivity index (χ4v) is 4.73. The average molecular weight is 352 g/mol. The summed E-state index contributed by atoms with van der Waals surface area (Å²) >= 11 is 0. The van der Waals surface area contributed by atoms with E-state index in [0.29, 0.717) is 24.2 Å². The first kappa shape index (κ1) is 16.8. The summed E-state index contributed by atoms with van der Waals surface area (Å²) in [6, 6.07) is 7.73. The van der Waals surface area contributed by atoms with Crippen LogP contribution in [0.1, 0.15) is 53.5 Å². The van der Waals surface area contributed by atoms with E-state index in [2.05, 4.69) is 22.4 Å². The van der Waals surface area contributed by atoms with Gasteiger partial charge in [-0.05, 0) is 38.3 Å². The molecule has 0 bridgehead atoms. The second-order valence-corrected chi connectivity index (χ2v) is 7.33. The molecular weight excluding hydrogens is 328 g/mol. The first-order valence-corrected chi connectivity index (χ1v) is 9.24. The molecule has 136 valence electrons. The van der Waals surface area contributed by atoms with Gasteiger partial charge in [0.25, 0.3) is 5.91 Å². The van der Waals surface area contributed by atoms with Crippen LogP contribution in [0, 0.1) is 13.8 Å². The Kier molecular flexibility index (Phi) is 3.86. The van der Waals surface area contributed by atoms with Crippen molar-refractivity contribution in [2.75, 3.05) is 11.9 Å². The maximum atomic E-state index is 13.3. The van der Waals surface area contributed by atoms with Crippen LogP contribution in [0.15, 0.2) is 24.3 Å². The lowest BCUT2D eigenvalue weighted by Gasteiger charge is -2.34. The van der Waals surface area contributed by atoms with E-state index < -0.39 is 5.41 Å². The van der Waals surface area contributed by atoms with Crippen LogP contribution in [-0.2, 0) is 10.2 Å². The van der Waals surface area contributed by atoms with E-state index in [9.17, 15) is 9.59 Å². The fraction of sp³-hybridized carbons (Fsp3) is 0.450. The standard InChI is InChI=1S/C20H24N4O2/c1-4-7-16-20(14-8-5-6-9-15(14)21-19(20)26)10-11-24(16)18(25)17-12(2)22-23-13(17)3/h5-6,8-9,16H,4,7,10-11H2,1-3H3,(H,21,26)(H,22,23)/t16-,20-/m0/s1. The van der Waals surface area contributed by atoms with E-state index in [0.717, 1.165) is 29.8 Å². The molecule has 0 unspecified atom stereocenters. The maximum Gasteiger partial charge on any atom is 0.257 e. The van der Waals surface area contributed by atoms with Crippen molar-refractivity contribution in [3.8, 4) is 0 Å². The molecule has 6 heteroatoms. The van der Waals surface area contributed by atoms with Crippen molar-refractivity contribution < 1.29 is 9.59 Å². The summed E-state index contributed by atoms with van der Waals surface area (Å²) in [5.74, 6) is -0.00524. The Bertz CT molecular complexity index is 868. The molecule has 3 heterocycles. The minimum absolute atomic E-state index is 0.0214. The minimum Gasteiger partial charge on any atom is -0.334 e. The highest BCUT2D eigenvalue weighted by molar-refractivity contribution is 6.08. The first-order chi connectivity index (χ1) is 12.5. The fourth-order valence-electron chi connectivity index (χ4n) is 4.73. The SMILES string of the molecule is CCC[C@@H]1N(C(=O)c2c(C)n[nH]c2C)CC[C@@]12C(=O)Nc1ccccc12. The van der Waals surface area contributed by atoms with Gasteiger partial charge >= 0.3 is 0 Å². The Hall–Kier alpha value is -2.63. The molecule has 26 heavy (non-hydrogen) atoms. The zero-order valence-corrected chi connectivity index (χ0v) is 15.4. The third kappa shape index (κ3) is 2.14. The van der Waals surface area contributed by atoms with E-state index in [-0.39, 0.29) is 17.9 Å². The van der Waals surface area contributed by atoms with E-state index in [4.69, 9.17) is 0 Å². The number of fused-ring (bicyclic) bond motifs is 2. The molecule has 2 atom stereocenters. The molecule has 2 amide bonds. The number of hydrogen-bond acceptors (Lipinski definition) is 3. The highest BCUT2D eigenvalue weighted by Crippen LogP contribution is 2.49. The molecule has 1 aromatic carbocycles. The van der Waals surface area contributed by atoms with Gasteiger partial charge < -0.3 is 10.2 Å². The average Bonchev–Trinajstić information content (AvgIpc) is 3.25. The van der Waals surface area contributed by atoms with Crippen LogP contribution in [0.25, 0.3) is 0 Å². The minimum atomic E-state index is -0.645. The summed E-state index contributed by atoms with van der Waals surface area (Å²) in [7, 11) is 0. The van der Waals surface area contributed by atoms with E-state index >= 15 is 0 Å². The van der Waals surface area contributed by atoms with Crippen LogP contribution < -0.4 is 5.32 Å². The summed E-state index contributed by atoms with van der Waals surface area (Å²) in [5.41, 5.74) is 3.38. The van der Waals surface area contributed by atoms with Crippen molar-refractivity contribution in [3.63, 3.8) is 0 Å². The normalized spacial score (nSPS) is 24.2. The molecule has 2 aromatic rings. The van der Waals surface area contributed by atoms with Gasteiger partial charge in [0.1, 0.15) is 0 Å². The summed E-state index contributed by atoms with van der Waals surface area (Å²) in [6.45, 7) is 6.39. The third-order valence-corrected chi connectivity index (χ3v) is 5.92. The number of para-hydroxylation sites is 1. The van der Waals surface area contributed by atoms with Crippen molar-refractivity contribution in [3.05, 3.63) is 46.8 Å². The largest absolute Gasteiger partial charge is 0.334 e. The first-order valence-electron chi connectivity index (χ1n) is 9.24. The lowest BCUT2D eigenvalue weighted by molar-refractivity contribution is -0.121. The van der Waals surface area contributed by atoms with Gasteiger partial charge in [-0.25, -0.2) is 0 Å². The lowest BCUT2D eigenvalue weighted by atomic mass is 9.73. The van der Waals surface area contributed by atoms with Crippen LogP contribution in [0.5, 0.6) is 0 Å². The smallest absolute Gasteiger partial charge is 0.257 e. The van der Waals surface area contributed by atoms with Gasteiger partial charge in [-0.3, -0.25) is 14.7 Å². The number of benzene rings is 1. The molecule has 6 nitrogen and oxygen atoms in total. The molecule has 0 aliphatic carbocycles. The topological polar surface area (TPSA) is 78.1 Å². The molecule has 4 rings (SSSR count). The monoisotopic (exact) mass is 352 g/mol. The zero-order valence-electron chi connectivity index (χ0n) is 15.4. The number of rotatable bonds is 3. The number of anilines is 1. The summed E-state index contributed by atoms with van der Waals surface area (Å²) in [5, 5.41) is 10.1. The number of carbonyl (C=O) groups is 2. The second kappa shape index (κ2) is 5.97. The highest BCUT2D eigenvalue weighted by atomic mass is 16.2. The zero-order chi connectivity index (χ0) is 18.5. The predicted octanol–water partition coefficient (Wildman–Crippen LogP) is 2.93. The summed E-state index contributed by atoms with van der Waals surface area (Å²) in [4.78, 5) is 28.3. The van der Waals surface area contributed by atoms with Gasteiger partial charge in [0, 0.05) is 17.9 Å². The predicted molar refractivity (Wildman–Crippen MR) is 99.2 cm³/mol. The van der Waals surface area contributed by atoms with E-state index in [1.54, 1.807) is 0 Å². The van der Waals surface area contributed by atoms with Gasteiger partial charge in [0.2, 0.25) is 5.91 Å². The van der Waals surface area contributed by atoms with Crippen LogP contribution >= 0.6 is 0 Å². The van der Waals surface area contributed by atoms with Gasteiger partial charge in [0.05, 0.1) is 22.7 Å². The number of nitrogens with one attached hydrogen (secondary N) is 2. The number of aryl methyl sites for hydroxylation is 2. The van der Waals surface area contributed by atoms with Gasteiger partial charge in [-0.2, -0.15) is 5.10 Å². The number of nitrogens with zero attached hydrogens (tertiary/aromatic N) is 2. The second-order valence-electron chi connectivity index (χ2n) is 7.33. The Morgan fingerprint density at radius 1 is 1.35 bits per heavy atom. The molecular formula is C20H24N4O2. The molecule has 0 saturated carbocycles. The summed E-state index contributed by atoms with van der Waals surface area (Å²) in [6.07, 6.45) is 2.36. The van der Waals surface area contributed by atoms with Crippen molar-refractivity contribution >= 4 is 17.5 Å². The molecule has 1 fully saturated rings. The Labute approximate surface area is 153 Å². The molecule has 1 saturated heterocycles. The number of carbonyl (C=O) groups excluding carboxylic acids is 2. The van der Waals surface area contributed by atoms with Crippen LogP contribution in [0.3, 0.4) is 0 Å². The highest BCUT2D eigenvalue weighted by Gasteiger charge is 2.58. The van der Waals surface area contributed by atoms with Gasteiger partial charge in [-0.1, -0.05) is 31.5 Å². The van der Waals surface area contributed by atoms with Crippen LogP contribution in [-0.4, -0.2) is 39.5 Å². The van der Waals surface area contributed by atoms with Gasteiger partial charge in [-0.15, -0.1) is 0 Å². The summed E-state index contributed by atoms with van der Waals surface area (Å²) < 4.78 is 0. The van der Waals surface area contributed by atoms with Gasteiger partial charge in [0.15, 0.2) is 0 Å². The van der Waals surface area contributed by atoms with Crippen molar-refractivity contribution in [1.29, 1.82) is 0 Å². The molecule has 1 spiro atoms. The van der Waals surface area contributed by atoms with Crippen LogP contribution in [0.2, 0.25) is 0 Å². The number of aromatic nitrogens is 2. The Morgan fingerprint density at radius 2 is 2.12 bits per heavy atom. The Morgan fingerprint density at radius 3 is 2.81 bits per heavy atom. The molecule has 2 N–H and O–H groups in total. The Balaban J connectivity index is 1.79.